The molecule has 2 heterocycles. The Kier molecular flexibility index (Phi) is 3.80. The molecule has 19 heavy (non-hydrogen) atoms. The van der Waals surface area contributed by atoms with Crippen molar-refractivity contribution in [2.24, 2.45) is 0 Å². The van der Waals surface area contributed by atoms with Crippen LogP contribution in [-0.2, 0) is 6.54 Å². The first-order valence-corrected chi connectivity index (χ1v) is 7.17. The molecule has 4 nitrogen and oxygen atoms in total. The Morgan fingerprint density at radius 2 is 2.16 bits per heavy atom. The summed E-state index contributed by atoms with van der Waals surface area (Å²) in [5.41, 5.74) is 2.00. The first-order valence-electron chi connectivity index (χ1n) is 7.17. The predicted molar refractivity (Wildman–Crippen MR) is 74.9 cm³/mol. The fourth-order valence-corrected chi connectivity index (χ4v) is 2.83. The van der Waals surface area contributed by atoms with Gasteiger partial charge in [0.1, 0.15) is 5.65 Å². The van der Waals surface area contributed by atoms with Gasteiger partial charge in [-0.25, -0.2) is 4.98 Å². The van der Waals surface area contributed by atoms with Gasteiger partial charge in [-0.1, -0.05) is 25.3 Å². The number of nitrogens with zero attached hydrogens (tertiary/aromatic N) is 2. The van der Waals surface area contributed by atoms with Crippen molar-refractivity contribution in [1.29, 1.82) is 0 Å². The van der Waals surface area contributed by atoms with Crippen LogP contribution in [0.3, 0.4) is 0 Å². The van der Waals surface area contributed by atoms with Crippen molar-refractivity contribution in [3.05, 3.63) is 36.3 Å². The van der Waals surface area contributed by atoms with Crippen LogP contribution < -0.4 is 5.32 Å². The lowest BCUT2D eigenvalue weighted by Crippen LogP contribution is -2.38. The summed E-state index contributed by atoms with van der Waals surface area (Å²) in [6.07, 6.45) is 9.42. The van der Waals surface area contributed by atoms with Gasteiger partial charge in [0.15, 0.2) is 0 Å². The molecule has 0 radical (unpaired) electrons. The monoisotopic (exact) mass is 259 g/mol. The fraction of sp³-hybridized carbons (Fsp3) is 0.533. The molecule has 1 aliphatic carbocycles. The van der Waals surface area contributed by atoms with E-state index in [4.69, 9.17) is 0 Å². The van der Waals surface area contributed by atoms with E-state index >= 15 is 0 Å². The van der Waals surface area contributed by atoms with Crippen molar-refractivity contribution in [2.75, 3.05) is 0 Å². The predicted octanol–water partition coefficient (Wildman–Crippen LogP) is 2.12. The third kappa shape index (κ3) is 2.96. The normalized spacial score (nSPS) is 24.5. The number of aliphatic hydroxyl groups excluding tert-OH is 1. The number of aliphatic hydroxyl groups is 1. The zero-order valence-electron chi connectivity index (χ0n) is 11.1. The molecular weight excluding hydrogens is 238 g/mol. The lowest BCUT2D eigenvalue weighted by Gasteiger charge is -2.21. The maximum absolute atomic E-state index is 10.1. The minimum absolute atomic E-state index is 0.209. The molecule has 102 valence electrons. The molecule has 2 aromatic rings. The molecule has 0 aromatic carbocycles. The van der Waals surface area contributed by atoms with E-state index in [1.54, 1.807) is 0 Å². The van der Waals surface area contributed by atoms with E-state index in [1.165, 1.54) is 12.8 Å². The highest BCUT2D eigenvalue weighted by Gasteiger charge is 2.21. The van der Waals surface area contributed by atoms with Gasteiger partial charge in [0.2, 0.25) is 0 Å². The van der Waals surface area contributed by atoms with Crippen molar-refractivity contribution >= 4 is 5.65 Å². The summed E-state index contributed by atoms with van der Waals surface area (Å²) in [6, 6.07) is 6.21. The zero-order valence-corrected chi connectivity index (χ0v) is 11.1. The standard InChI is InChI=1S/C15H21N3O/c19-14-7-3-1-2-6-13(14)16-10-12-11-18-9-5-4-8-15(18)17-12/h4-5,8-9,11,13-14,16,19H,1-3,6-7,10H2. The van der Waals surface area contributed by atoms with Gasteiger partial charge in [0, 0.05) is 25.0 Å². The summed E-state index contributed by atoms with van der Waals surface area (Å²) >= 11 is 0. The highest BCUT2D eigenvalue weighted by atomic mass is 16.3. The number of aromatic nitrogens is 2. The topological polar surface area (TPSA) is 49.6 Å². The van der Waals surface area contributed by atoms with Crippen molar-refractivity contribution < 1.29 is 5.11 Å². The number of pyridine rings is 1. The van der Waals surface area contributed by atoms with Crippen molar-refractivity contribution in [3.8, 4) is 0 Å². The van der Waals surface area contributed by atoms with Gasteiger partial charge in [0.05, 0.1) is 11.8 Å². The largest absolute Gasteiger partial charge is 0.392 e. The van der Waals surface area contributed by atoms with Gasteiger partial charge in [-0.2, -0.15) is 0 Å². The Labute approximate surface area is 113 Å². The zero-order chi connectivity index (χ0) is 13.1. The molecule has 2 N–H and O–H groups in total. The number of rotatable bonds is 3. The fourth-order valence-electron chi connectivity index (χ4n) is 2.83. The number of imidazole rings is 1. The van der Waals surface area contributed by atoms with E-state index in [-0.39, 0.29) is 12.1 Å². The van der Waals surface area contributed by atoms with Gasteiger partial charge in [-0.3, -0.25) is 0 Å². The first kappa shape index (κ1) is 12.6. The van der Waals surface area contributed by atoms with Gasteiger partial charge in [-0.05, 0) is 25.0 Å². The molecule has 0 spiro atoms. The first-order chi connectivity index (χ1) is 9.33. The lowest BCUT2D eigenvalue weighted by atomic mass is 10.1. The van der Waals surface area contributed by atoms with Gasteiger partial charge in [-0.15, -0.1) is 0 Å². The van der Waals surface area contributed by atoms with Crippen LogP contribution >= 0.6 is 0 Å². The third-order valence-corrected chi connectivity index (χ3v) is 3.94. The second kappa shape index (κ2) is 5.72. The van der Waals surface area contributed by atoms with Crippen molar-refractivity contribution in [3.63, 3.8) is 0 Å². The van der Waals surface area contributed by atoms with E-state index in [2.05, 4.69) is 10.3 Å². The van der Waals surface area contributed by atoms with Crippen LogP contribution in [0.2, 0.25) is 0 Å². The van der Waals surface area contributed by atoms with E-state index in [9.17, 15) is 5.11 Å². The number of hydrogen-bond acceptors (Lipinski definition) is 3. The molecular formula is C15H21N3O. The number of hydrogen-bond donors (Lipinski definition) is 2. The molecule has 1 fully saturated rings. The number of nitrogens with one attached hydrogen (secondary N) is 1. The Bertz CT molecular complexity index is 504. The van der Waals surface area contributed by atoms with E-state index in [0.717, 1.165) is 37.1 Å². The van der Waals surface area contributed by atoms with Gasteiger partial charge >= 0.3 is 0 Å². The molecule has 2 atom stereocenters. The Hall–Kier alpha value is -1.39. The summed E-state index contributed by atoms with van der Waals surface area (Å²) in [5, 5.41) is 13.5. The molecule has 0 bridgehead atoms. The molecule has 4 heteroatoms. The third-order valence-electron chi connectivity index (χ3n) is 3.94. The molecule has 0 aliphatic heterocycles. The highest BCUT2D eigenvalue weighted by molar-refractivity contribution is 5.39. The highest BCUT2D eigenvalue weighted by Crippen LogP contribution is 2.18. The average molecular weight is 259 g/mol. The summed E-state index contributed by atoms with van der Waals surface area (Å²) in [6.45, 7) is 0.726. The van der Waals surface area contributed by atoms with Crippen LogP contribution in [-0.4, -0.2) is 26.6 Å². The molecule has 2 aromatic heterocycles. The number of fused-ring (bicyclic) bond motifs is 1. The second-order valence-electron chi connectivity index (χ2n) is 5.39. The SMILES string of the molecule is OC1CCCCCC1NCc1cn2ccccc2n1. The van der Waals surface area contributed by atoms with Crippen LogP contribution in [0.1, 0.15) is 37.8 Å². The van der Waals surface area contributed by atoms with Gasteiger partial charge in [0.25, 0.3) is 0 Å². The molecule has 1 aliphatic rings. The van der Waals surface area contributed by atoms with E-state index in [0.29, 0.717) is 0 Å². The maximum atomic E-state index is 10.1. The van der Waals surface area contributed by atoms with Crippen LogP contribution in [0.4, 0.5) is 0 Å². The summed E-state index contributed by atoms with van der Waals surface area (Å²) in [4.78, 5) is 4.56. The minimum atomic E-state index is -0.209. The van der Waals surface area contributed by atoms with E-state index < -0.39 is 0 Å². The second-order valence-corrected chi connectivity index (χ2v) is 5.39. The van der Waals surface area contributed by atoms with Crippen molar-refractivity contribution in [1.82, 2.24) is 14.7 Å². The summed E-state index contributed by atoms with van der Waals surface area (Å²) in [5.74, 6) is 0. The van der Waals surface area contributed by atoms with Crippen LogP contribution in [0.25, 0.3) is 5.65 Å². The quantitative estimate of drug-likeness (QED) is 0.830. The lowest BCUT2D eigenvalue weighted by molar-refractivity contribution is 0.119. The molecule has 3 rings (SSSR count). The smallest absolute Gasteiger partial charge is 0.137 e. The molecule has 0 saturated heterocycles. The van der Waals surface area contributed by atoms with E-state index in [1.807, 2.05) is 35.0 Å². The summed E-state index contributed by atoms with van der Waals surface area (Å²) in [7, 11) is 0. The molecule has 2 unspecified atom stereocenters. The Morgan fingerprint density at radius 1 is 1.26 bits per heavy atom. The van der Waals surface area contributed by atoms with Crippen LogP contribution in [0.5, 0.6) is 0 Å². The van der Waals surface area contributed by atoms with Gasteiger partial charge < -0.3 is 14.8 Å². The van der Waals surface area contributed by atoms with Crippen LogP contribution in [0.15, 0.2) is 30.6 Å². The Balaban J connectivity index is 1.64. The average Bonchev–Trinajstić information content (AvgIpc) is 2.73. The van der Waals surface area contributed by atoms with Crippen LogP contribution in [0, 0.1) is 0 Å². The summed E-state index contributed by atoms with van der Waals surface area (Å²) < 4.78 is 2.03. The van der Waals surface area contributed by atoms with Crippen molar-refractivity contribution in [2.45, 2.75) is 50.8 Å². The maximum Gasteiger partial charge on any atom is 0.137 e. The minimum Gasteiger partial charge on any atom is -0.392 e. The molecule has 1 saturated carbocycles. The molecule has 0 amide bonds. The Morgan fingerprint density at radius 3 is 3.05 bits per heavy atom.